The topological polar surface area (TPSA) is 58.4 Å². The van der Waals surface area contributed by atoms with Gasteiger partial charge >= 0.3 is 0 Å². The third kappa shape index (κ3) is 2.00. The molecule has 1 aliphatic carbocycles. The van der Waals surface area contributed by atoms with E-state index in [1.165, 1.54) is 12.8 Å². The van der Waals surface area contributed by atoms with Crippen molar-refractivity contribution in [3.05, 3.63) is 28.3 Å². The normalized spacial score (nSPS) is 19.0. The quantitative estimate of drug-likeness (QED) is 0.656. The Morgan fingerprint density at radius 2 is 2.06 bits per heavy atom. The van der Waals surface area contributed by atoms with E-state index in [2.05, 4.69) is 10.2 Å². The van der Waals surface area contributed by atoms with Gasteiger partial charge in [-0.3, -0.25) is 10.1 Å². The van der Waals surface area contributed by atoms with Gasteiger partial charge in [0.05, 0.1) is 4.92 Å². The van der Waals surface area contributed by atoms with E-state index >= 15 is 0 Å². The lowest BCUT2D eigenvalue weighted by atomic mass is 9.93. The second kappa shape index (κ2) is 4.48. The van der Waals surface area contributed by atoms with E-state index in [0.29, 0.717) is 11.7 Å². The van der Waals surface area contributed by atoms with Gasteiger partial charge in [0, 0.05) is 30.9 Å². The fourth-order valence-electron chi connectivity index (χ4n) is 2.34. The highest BCUT2D eigenvalue weighted by atomic mass is 16.6. The minimum atomic E-state index is -0.287. The zero-order valence-electron chi connectivity index (χ0n) is 10.3. The van der Waals surface area contributed by atoms with Crippen LogP contribution >= 0.6 is 0 Å². The van der Waals surface area contributed by atoms with Gasteiger partial charge in [-0.2, -0.15) is 0 Å². The number of nitro groups is 1. The second-order valence-electron chi connectivity index (χ2n) is 5.07. The summed E-state index contributed by atoms with van der Waals surface area (Å²) >= 11 is 0. The van der Waals surface area contributed by atoms with Gasteiger partial charge in [0.1, 0.15) is 5.69 Å². The predicted octanol–water partition coefficient (Wildman–Crippen LogP) is 2.77. The number of anilines is 2. The van der Waals surface area contributed by atoms with Crippen molar-refractivity contribution in [2.45, 2.75) is 31.7 Å². The van der Waals surface area contributed by atoms with E-state index in [-0.39, 0.29) is 10.6 Å². The first-order valence-corrected chi connectivity index (χ1v) is 6.54. The summed E-state index contributed by atoms with van der Waals surface area (Å²) in [4.78, 5) is 13.0. The van der Waals surface area contributed by atoms with Gasteiger partial charge in [0.15, 0.2) is 0 Å². The molecule has 1 aromatic carbocycles. The zero-order chi connectivity index (χ0) is 12.5. The molecule has 1 saturated carbocycles. The van der Waals surface area contributed by atoms with Crippen LogP contribution in [-0.2, 0) is 0 Å². The van der Waals surface area contributed by atoms with Crippen molar-refractivity contribution >= 4 is 17.1 Å². The molecule has 1 N–H and O–H groups in total. The molecule has 18 heavy (non-hydrogen) atoms. The Labute approximate surface area is 106 Å². The molecule has 2 aliphatic rings. The van der Waals surface area contributed by atoms with Gasteiger partial charge in [-0.05, 0) is 37.8 Å². The SMILES string of the molecule is O=[N+]([O-])c1cc(N2CCC2)ccc1NC1CCC1. The summed E-state index contributed by atoms with van der Waals surface area (Å²) in [5, 5.41) is 14.4. The van der Waals surface area contributed by atoms with Crippen molar-refractivity contribution in [3.63, 3.8) is 0 Å². The molecule has 0 bridgehead atoms. The summed E-state index contributed by atoms with van der Waals surface area (Å²) in [7, 11) is 0. The molecule has 1 saturated heterocycles. The zero-order valence-corrected chi connectivity index (χ0v) is 10.3. The summed E-state index contributed by atoms with van der Waals surface area (Å²) < 4.78 is 0. The molecule has 5 heteroatoms. The minimum Gasteiger partial charge on any atom is -0.377 e. The number of nitro benzene ring substituents is 1. The van der Waals surface area contributed by atoms with Crippen LogP contribution in [0.25, 0.3) is 0 Å². The van der Waals surface area contributed by atoms with Crippen LogP contribution in [0.5, 0.6) is 0 Å². The van der Waals surface area contributed by atoms with Gasteiger partial charge in [0.25, 0.3) is 5.69 Å². The summed E-state index contributed by atoms with van der Waals surface area (Å²) in [6.45, 7) is 2.01. The average Bonchev–Trinajstić information content (AvgIpc) is 2.22. The molecule has 1 heterocycles. The Morgan fingerprint density at radius 3 is 2.56 bits per heavy atom. The maximum absolute atomic E-state index is 11.1. The first-order chi connectivity index (χ1) is 8.74. The summed E-state index contributed by atoms with van der Waals surface area (Å²) in [5.74, 6) is 0. The van der Waals surface area contributed by atoms with Crippen LogP contribution in [0.15, 0.2) is 18.2 Å². The number of benzene rings is 1. The molecule has 0 unspecified atom stereocenters. The lowest BCUT2D eigenvalue weighted by Crippen LogP contribution is -2.37. The lowest BCUT2D eigenvalue weighted by molar-refractivity contribution is -0.383. The van der Waals surface area contributed by atoms with Crippen LogP contribution in [0, 0.1) is 10.1 Å². The molecule has 1 aliphatic heterocycles. The Hall–Kier alpha value is -1.78. The smallest absolute Gasteiger partial charge is 0.294 e. The van der Waals surface area contributed by atoms with Crippen molar-refractivity contribution in [2.75, 3.05) is 23.3 Å². The van der Waals surface area contributed by atoms with Crippen LogP contribution < -0.4 is 10.2 Å². The van der Waals surface area contributed by atoms with Gasteiger partial charge < -0.3 is 10.2 Å². The molecule has 2 fully saturated rings. The van der Waals surface area contributed by atoms with Crippen molar-refractivity contribution in [1.82, 2.24) is 0 Å². The molecule has 3 rings (SSSR count). The first kappa shape index (κ1) is 11.3. The molecule has 1 aromatic rings. The van der Waals surface area contributed by atoms with E-state index in [0.717, 1.165) is 31.6 Å². The third-order valence-corrected chi connectivity index (χ3v) is 3.86. The molecule has 0 spiro atoms. The highest BCUT2D eigenvalue weighted by molar-refractivity contribution is 5.69. The summed E-state index contributed by atoms with van der Waals surface area (Å²) in [6, 6.07) is 5.94. The van der Waals surface area contributed by atoms with Crippen LogP contribution in [0.3, 0.4) is 0 Å². The Kier molecular flexibility index (Phi) is 2.81. The minimum absolute atomic E-state index is 0.200. The number of rotatable bonds is 4. The van der Waals surface area contributed by atoms with Crippen LogP contribution in [0.1, 0.15) is 25.7 Å². The fraction of sp³-hybridized carbons (Fsp3) is 0.538. The van der Waals surface area contributed by atoms with Crippen molar-refractivity contribution in [3.8, 4) is 0 Å². The van der Waals surface area contributed by atoms with Crippen LogP contribution in [0.4, 0.5) is 17.1 Å². The van der Waals surface area contributed by atoms with Crippen molar-refractivity contribution in [2.24, 2.45) is 0 Å². The Bertz CT molecular complexity index is 467. The average molecular weight is 247 g/mol. The molecule has 96 valence electrons. The lowest BCUT2D eigenvalue weighted by Gasteiger charge is -2.33. The third-order valence-electron chi connectivity index (χ3n) is 3.86. The van der Waals surface area contributed by atoms with E-state index in [1.54, 1.807) is 6.07 Å². The van der Waals surface area contributed by atoms with Gasteiger partial charge in [0.2, 0.25) is 0 Å². The fourth-order valence-corrected chi connectivity index (χ4v) is 2.34. The molecule has 0 radical (unpaired) electrons. The molecule has 5 nitrogen and oxygen atoms in total. The van der Waals surface area contributed by atoms with Gasteiger partial charge in [-0.25, -0.2) is 0 Å². The van der Waals surface area contributed by atoms with E-state index in [1.807, 2.05) is 12.1 Å². The summed E-state index contributed by atoms with van der Waals surface area (Å²) in [5.41, 5.74) is 1.83. The van der Waals surface area contributed by atoms with Gasteiger partial charge in [-0.1, -0.05) is 0 Å². The van der Waals surface area contributed by atoms with E-state index in [9.17, 15) is 10.1 Å². The van der Waals surface area contributed by atoms with Crippen LogP contribution in [-0.4, -0.2) is 24.1 Å². The highest BCUT2D eigenvalue weighted by Crippen LogP contribution is 2.34. The number of nitrogens with one attached hydrogen (secondary N) is 1. The maximum Gasteiger partial charge on any atom is 0.294 e. The molecular weight excluding hydrogens is 230 g/mol. The van der Waals surface area contributed by atoms with Crippen LogP contribution in [0.2, 0.25) is 0 Å². The standard InChI is InChI=1S/C13H17N3O2/c17-16(18)13-9-11(15-7-2-8-15)5-6-12(13)14-10-3-1-4-10/h5-6,9-10,14H,1-4,7-8H2. The van der Waals surface area contributed by atoms with Gasteiger partial charge in [-0.15, -0.1) is 0 Å². The van der Waals surface area contributed by atoms with E-state index < -0.39 is 0 Å². The number of hydrogen-bond acceptors (Lipinski definition) is 4. The number of hydrogen-bond donors (Lipinski definition) is 1. The molecule has 0 atom stereocenters. The Balaban J connectivity index is 1.84. The number of nitrogens with zero attached hydrogens (tertiary/aromatic N) is 2. The van der Waals surface area contributed by atoms with Crippen molar-refractivity contribution in [1.29, 1.82) is 0 Å². The predicted molar refractivity (Wildman–Crippen MR) is 71.2 cm³/mol. The second-order valence-corrected chi connectivity index (χ2v) is 5.07. The van der Waals surface area contributed by atoms with Crippen molar-refractivity contribution < 1.29 is 4.92 Å². The van der Waals surface area contributed by atoms with E-state index in [4.69, 9.17) is 0 Å². The summed E-state index contributed by atoms with van der Waals surface area (Å²) in [6.07, 6.45) is 4.63. The monoisotopic (exact) mass is 247 g/mol. The first-order valence-electron chi connectivity index (χ1n) is 6.54. The highest BCUT2D eigenvalue weighted by Gasteiger charge is 2.23. The molecule has 0 amide bonds. The largest absolute Gasteiger partial charge is 0.377 e. The molecule has 0 aromatic heterocycles. The molecular formula is C13H17N3O2. The Morgan fingerprint density at radius 1 is 1.28 bits per heavy atom. The maximum atomic E-state index is 11.1.